The monoisotopic (exact) mass is 365 g/mol. The lowest BCUT2D eigenvalue weighted by Crippen LogP contribution is -2.51. The van der Waals surface area contributed by atoms with Gasteiger partial charge in [0.15, 0.2) is 0 Å². The Morgan fingerprint density at radius 3 is 2.32 bits per heavy atom. The van der Waals surface area contributed by atoms with Crippen LogP contribution in [0.5, 0.6) is 0 Å². The first-order chi connectivity index (χ1) is 11.5. The van der Waals surface area contributed by atoms with Crippen molar-refractivity contribution in [2.24, 2.45) is 17.8 Å². The number of amides is 2. The highest BCUT2D eigenvalue weighted by atomic mass is 35.5. The Kier molecular flexibility index (Phi) is 6.85. The highest BCUT2D eigenvalue weighted by Crippen LogP contribution is 2.27. The number of hydrogen-bond acceptors (Lipinski definition) is 3. The molecule has 3 atom stereocenters. The normalized spacial score (nSPS) is 23.1. The van der Waals surface area contributed by atoms with Gasteiger partial charge >= 0.3 is 0 Å². The van der Waals surface area contributed by atoms with Crippen LogP contribution >= 0.6 is 12.4 Å². The van der Waals surface area contributed by atoms with Crippen molar-refractivity contribution in [1.82, 2.24) is 15.5 Å². The third-order valence-electron chi connectivity index (χ3n) is 5.16. The second-order valence-corrected chi connectivity index (χ2v) is 7.37. The van der Waals surface area contributed by atoms with Gasteiger partial charge in [-0.15, -0.1) is 12.4 Å². The first-order valence-electron chi connectivity index (χ1n) is 8.87. The van der Waals surface area contributed by atoms with Crippen LogP contribution in [0.25, 0.3) is 0 Å². The topological polar surface area (TPSA) is 61.4 Å². The maximum Gasteiger partial charge on any atom is 0.245 e. The fraction of sp³-hybridized carbons (Fsp3) is 0.579. The minimum Gasteiger partial charge on any atom is -0.344 e. The van der Waals surface area contributed by atoms with Crippen LogP contribution in [0, 0.1) is 17.8 Å². The summed E-state index contributed by atoms with van der Waals surface area (Å²) < 4.78 is 0. The molecule has 2 N–H and O–H groups in total. The van der Waals surface area contributed by atoms with E-state index in [1.807, 2.05) is 49.1 Å². The molecule has 0 aliphatic carbocycles. The van der Waals surface area contributed by atoms with Gasteiger partial charge in [-0.2, -0.15) is 0 Å². The van der Waals surface area contributed by atoms with Crippen LogP contribution in [0.2, 0.25) is 0 Å². The lowest BCUT2D eigenvalue weighted by molar-refractivity contribution is -0.137. The molecule has 0 aromatic heterocycles. The zero-order chi connectivity index (χ0) is 17.1. The number of nitrogens with zero attached hydrogens (tertiary/aromatic N) is 1. The van der Waals surface area contributed by atoms with E-state index in [1.54, 1.807) is 0 Å². The largest absolute Gasteiger partial charge is 0.344 e. The molecule has 0 saturated carbocycles. The van der Waals surface area contributed by atoms with E-state index in [1.165, 1.54) is 0 Å². The molecule has 2 fully saturated rings. The molecular weight excluding hydrogens is 338 g/mol. The van der Waals surface area contributed by atoms with Crippen LogP contribution in [0.15, 0.2) is 30.3 Å². The van der Waals surface area contributed by atoms with Crippen LogP contribution in [0.4, 0.5) is 0 Å². The van der Waals surface area contributed by atoms with E-state index in [4.69, 9.17) is 0 Å². The molecule has 5 nitrogen and oxygen atoms in total. The van der Waals surface area contributed by atoms with Crippen LogP contribution in [-0.2, 0) is 16.0 Å². The highest BCUT2D eigenvalue weighted by Gasteiger charge is 2.40. The second-order valence-electron chi connectivity index (χ2n) is 7.37. The number of likely N-dealkylation sites (tertiary alicyclic amines) is 1. The molecule has 0 spiro atoms. The summed E-state index contributed by atoms with van der Waals surface area (Å²) in [5, 5.41) is 6.35. The summed E-state index contributed by atoms with van der Waals surface area (Å²) in [6.07, 6.45) is 0.312. The number of benzene rings is 1. The first-order valence-corrected chi connectivity index (χ1v) is 8.87. The maximum atomic E-state index is 12.9. The first kappa shape index (κ1) is 19.7. The quantitative estimate of drug-likeness (QED) is 0.830. The van der Waals surface area contributed by atoms with Gasteiger partial charge < -0.3 is 15.5 Å². The molecule has 138 valence electrons. The van der Waals surface area contributed by atoms with Crippen molar-refractivity contribution in [1.29, 1.82) is 0 Å². The molecule has 2 amide bonds. The fourth-order valence-corrected chi connectivity index (χ4v) is 3.75. The van der Waals surface area contributed by atoms with Gasteiger partial charge in [-0.05, 0) is 23.3 Å². The average Bonchev–Trinajstić information content (AvgIpc) is 3.14. The number of rotatable bonds is 5. The van der Waals surface area contributed by atoms with Gasteiger partial charge in [-0.25, -0.2) is 0 Å². The number of halogens is 1. The van der Waals surface area contributed by atoms with Gasteiger partial charge in [-0.3, -0.25) is 9.59 Å². The number of carbonyl (C=O) groups excluding carboxylic acids is 2. The molecule has 2 aliphatic rings. The number of hydrogen-bond donors (Lipinski definition) is 2. The fourth-order valence-electron chi connectivity index (χ4n) is 3.75. The molecule has 2 aliphatic heterocycles. The van der Waals surface area contributed by atoms with Crippen LogP contribution in [0.3, 0.4) is 0 Å². The summed E-state index contributed by atoms with van der Waals surface area (Å²) in [5.41, 5.74) is 0.965. The Morgan fingerprint density at radius 1 is 1.16 bits per heavy atom. The lowest BCUT2D eigenvalue weighted by atomic mass is 10.0. The van der Waals surface area contributed by atoms with E-state index in [9.17, 15) is 9.59 Å². The summed E-state index contributed by atoms with van der Waals surface area (Å²) >= 11 is 0. The molecule has 6 heteroatoms. The zero-order valence-electron chi connectivity index (χ0n) is 14.9. The second kappa shape index (κ2) is 8.68. The van der Waals surface area contributed by atoms with Gasteiger partial charge in [0, 0.05) is 26.2 Å². The van der Waals surface area contributed by atoms with Crippen molar-refractivity contribution in [2.75, 3.05) is 26.2 Å². The van der Waals surface area contributed by atoms with E-state index < -0.39 is 6.04 Å². The zero-order valence-corrected chi connectivity index (χ0v) is 15.7. The summed E-state index contributed by atoms with van der Waals surface area (Å²) in [4.78, 5) is 27.2. The van der Waals surface area contributed by atoms with Crippen molar-refractivity contribution in [3.63, 3.8) is 0 Å². The van der Waals surface area contributed by atoms with Gasteiger partial charge in [-0.1, -0.05) is 44.2 Å². The van der Waals surface area contributed by atoms with E-state index in [2.05, 4.69) is 10.6 Å². The molecule has 3 rings (SSSR count). The third kappa shape index (κ3) is 4.73. The van der Waals surface area contributed by atoms with Crippen LogP contribution in [0.1, 0.15) is 19.4 Å². The van der Waals surface area contributed by atoms with Crippen LogP contribution < -0.4 is 10.6 Å². The van der Waals surface area contributed by atoms with E-state index in [0.717, 1.165) is 31.7 Å². The lowest BCUT2D eigenvalue weighted by Gasteiger charge is -2.27. The Morgan fingerprint density at radius 2 is 1.76 bits per heavy atom. The number of nitrogens with one attached hydrogen (secondary N) is 2. The predicted molar refractivity (Wildman–Crippen MR) is 101 cm³/mol. The predicted octanol–water partition coefficient (Wildman–Crippen LogP) is 1.47. The van der Waals surface area contributed by atoms with Crippen molar-refractivity contribution in [3.8, 4) is 0 Å². The Balaban J connectivity index is 0.00000225. The Bertz CT molecular complexity index is 582. The van der Waals surface area contributed by atoms with E-state index >= 15 is 0 Å². The van der Waals surface area contributed by atoms with Crippen molar-refractivity contribution in [2.45, 2.75) is 26.3 Å². The molecule has 1 aromatic carbocycles. The molecule has 25 heavy (non-hydrogen) atoms. The molecular formula is C19H28ClN3O2. The summed E-state index contributed by atoms with van der Waals surface area (Å²) in [6, 6.07) is 9.20. The molecule has 2 saturated heterocycles. The number of fused-ring (bicyclic) bond motifs is 1. The molecule has 1 aromatic rings. The minimum absolute atomic E-state index is 0. The Hall–Kier alpha value is -1.59. The summed E-state index contributed by atoms with van der Waals surface area (Å²) in [6.45, 7) is 7.61. The van der Waals surface area contributed by atoms with Gasteiger partial charge in [0.05, 0.1) is 6.42 Å². The van der Waals surface area contributed by atoms with Crippen LogP contribution in [-0.4, -0.2) is 48.9 Å². The van der Waals surface area contributed by atoms with Gasteiger partial charge in [0.2, 0.25) is 11.8 Å². The van der Waals surface area contributed by atoms with Crippen molar-refractivity contribution in [3.05, 3.63) is 35.9 Å². The minimum atomic E-state index is -0.437. The molecule has 2 heterocycles. The van der Waals surface area contributed by atoms with E-state index in [0.29, 0.717) is 18.3 Å². The summed E-state index contributed by atoms with van der Waals surface area (Å²) in [5.74, 6) is 1.20. The highest BCUT2D eigenvalue weighted by molar-refractivity contribution is 5.88. The average molecular weight is 366 g/mol. The number of carbonyl (C=O) groups is 2. The van der Waals surface area contributed by atoms with Crippen molar-refractivity contribution < 1.29 is 9.59 Å². The van der Waals surface area contributed by atoms with Gasteiger partial charge in [0.1, 0.15) is 6.04 Å². The smallest absolute Gasteiger partial charge is 0.245 e. The SMILES string of the molecule is CC(C)C(NC(=O)Cc1ccccc1)C(=O)N1C[C@H]2CNC[C@H]2C1.Cl. The Labute approximate surface area is 155 Å². The molecule has 0 radical (unpaired) electrons. The van der Waals surface area contributed by atoms with Gasteiger partial charge in [0.25, 0.3) is 0 Å². The van der Waals surface area contributed by atoms with Crippen molar-refractivity contribution >= 4 is 24.2 Å². The van der Waals surface area contributed by atoms with E-state index in [-0.39, 0.29) is 30.1 Å². The molecule has 0 bridgehead atoms. The molecule has 1 unspecified atom stereocenters. The standard InChI is InChI=1S/C19H27N3O2.ClH/c1-13(2)18(21-17(23)8-14-6-4-3-5-7-14)19(24)22-11-15-9-20-10-16(15)12-22;/h3-7,13,15-16,18,20H,8-12H2,1-2H3,(H,21,23);1H/t15-,16+,18?;. The maximum absolute atomic E-state index is 12.9. The third-order valence-corrected chi connectivity index (χ3v) is 5.16. The summed E-state index contributed by atoms with van der Waals surface area (Å²) in [7, 11) is 0.